The second-order valence-corrected chi connectivity index (χ2v) is 8.66. The fourth-order valence-corrected chi connectivity index (χ4v) is 4.61. The van der Waals surface area contributed by atoms with E-state index in [4.69, 9.17) is 17.3 Å². The molecule has 0 aromatic heterocycles. The van der Waals surface area contributed by atoms with Gasteiger partial charge in [0.25, 0.3) is 10.0 Å². The Hall–Kier alpha value is -2.05. The molecule has 2 aromatic rings. The van der Waals surface area contributed by atoms with E-state index in [2.05, 4.69) is 4.72 Å². The van der Waals surface area contributed by atoms with Crippen molar-refractivity contribution in [3.63, 3.8) is 0 Å². The highest BCUT2D eigenvalue weighted by atomic mass is 35.5. The van der Waals surface area contributed by atoms with E-state index in [0.29, 0.717) is 5.92 Å². The van der Waals surface area contributed by atoms with Crippen LogP contribution in [0.3, 0.4) is 0 Å². The molecule has 0 saturated heterocycles. The van der Waals surface area contributed by atoms with Gasteiger partial charge in [-0.2, -0.15) is 0 Å². The normalized spacial score (nSPS) is 15.6. The van der Waals surface area contributed by atoms with Crippen molar-refractivity contribution in [3.05, 3.63) is 58.6 Å². The number of halogens is 1. The van der Waals surface area contributed by atoms with E-state index < -0.39 is 15.9 Å². The summed E-state index contributed by atoms with van der Waals surface area (Å²) < 4.78 is 27.7. The topological polar surface area (TPSA) is 89.3 Å². The number of amides is 1. The standard InChI is InChI=1S/C19H21ClN2O3S/c20-17-11-8-15(19(21)23)12-18(17)22-26(24,25)16-9-6-14(7-10-16)13-4-2-1-3-5-13/h6-13,22H,1-5H2,(H2,21,23). The zero-order chi connectivity index (χ0) is 18.7. The van der Waals surface area contributed by atoms with Gasteiger partial charge in [0, 0.05) is 5.56 Å². The summed E-state index contributed by atoms with van der Waals surface area (Å²) in [6, 6.07) is 11.2. The van der Waals surface area contributed by atoms with Gasteiger partial charge in [0.15, 0.2) is 0 Å². The third kappa shape index (κ3) is 4.19. The fraction of sp³-hybridized carbons (Fsp3) is 0.316. The molecule has 0 spiro atoms. The van der Waals surface area contributed by atoms with E-state index in [-0.39, 0.29) is 21.2 Å². The van der Waals surface area contributed by atoms with Gasteiger partial charge >= 0.3 is 0 Å². The fourth-order valence-electron chi connectivity index (χ4n) is 3.32. The number of sulfonamides is 1. The van der Waals surface area contributed by atoms with Crippen LogP contribution in [-0.4, -0.2) is 14.3 Å². The molecular formula is C19H21ClN2O3S. The van der Waals surface area contributed by atoms with Crippen LogP contribution in [-0.2, 0) is 10.0 Å². The van der Waals surface area contributed by atoms with Crippen LogP contribution in [0.2, 0.25) is 5.02 Å². The molecular weight excluding hydrogens is 372 g/mol. The third-order valence-corrected chi connectivity index (χ3v) is 6.47. The maximum Gasteiger partial charge on any atom is 0.261 e. The zero-order valence-corrected chi connectivity index (χ0v) is 15.8. The van der Waals surface area contributed by atoms with Crippen molar-refractivity contribution in [2.45, 2.75) is 42.9 Å². The summed E-state index contributed by atoms with van der Waals surface area (Å²) in [5.41, 5.74) is 6.72. The predicted octanol–water partition coefficient (Wildman–Crippen LogP) is 4.29. The summed E-state index contributed by atoms with van der Waals surface area (Å²) in [6.07, 6.45) is 6.03. The smallest absolute Gasteiger partial charge is 0.261 e. The summed E-state index contributed by atoms with van der Waals surface area (Å²) in [5, 5.41) is 0.192. The number of benzene rings is 2. The number of anilines is 1. The minimum atomic E-state index is -3.81. The summed E-state index contributed by atoms with van der Waals surface area (Å²) in [5.74, 6) is -0.144. The SMILES string of the molecule is NC(=O)c1ccc(Cl)c(NS(=O)(=O)c2ccc(C3CCCCC3)cc2)c1. The number of carbonyl (C=O) groups excluding carboxylic acids is 1. The molecule has 1 saturated carbocycles. The van der Waals surface area contributed by atoms with Gasteiger partial charge in [-0.25, -0.2) is 8.42 Å². The highest BCUT2D eigenvalue weighted by Gasteiger charge is 2.19. The Kier molecular flexibility index (Phi) is 5.53. The average molecular weight is 393 g/mol. The lowest BCUT2D eigenvalue weighted by Gasteiger charge is -2.22. The van der Waals surface area contributed by atoms with Crippen molar-refractivity contribution in [3.8, 4) is 0 Å². The summed E-state index contributed by atoms with van der Waals surface area (Å²) in [4.78, 5) is 11.4. The molecule has 3 rings (SSSR count). The average Bonchev–Trinajstić information content (AvgIpc) is 2.64. The molecule has 0 radical (unpaired) electrons. The Morgan fingerprint density at radius 2 is 1.69 bits per heavy atom. The van der Waals surface area contributed by atoms with E-state index >= 15 is 0 Å². The third-order valence-electron chi connectivity index (χ3n) is 4.76. The molecule has 5 nitrogen and oxygen atoms in total. The minimum Gasteiger partial charge on any atom is -0.366 e. The van der Waals surface area contributed by atoms with Crippen molar-refractivity contribution in [1.29, 1.82) is 0 Å². The molecule has 1 amide bonds. The van der Waals surface area contributed by atoms with Crippen LogP contribution < -0.4 is 10.5 Å². The number of nitrogens with two attached hydrogens (primary N) is 1. The van der Waals surface area contributed by atoms with Gasteiger partial charge in [0.1, 0.15) is 0 Å². The first-order valence-corrected chi connectivity index (χ1v) is 10.4. The summed E-state index contributed by atoms with van der Waals surface area (Å²) in [6.45, 7) is 0. The molecule has 138 valence electrons. The lowest BCUT2D eigenvalue weighted by Crippen LogP contribution is -2.15. The maximum atomic E-state index is 12.6. The highest BCUT2D eigenvalue weighted by Crippen LogP contribution is 2.33. The van der Waals surface area contributed by atoms with E-state index in [1.165, 1.54) is 43.0 Å². The van der Waals surface area contributed by atoms with Crippen LogP contribution in [0.5, 0.6) is 0 Å². The van der Waals surface area contributed by atoms with Crippen molar-refractivity contribution < 1.29 is 13.2 Å². The molecule has 1 aliphatic carbocycles. The number of primary amides is 1. The number of carbonyl (C=O) groups is 1. The van der Waals surface area contributed by atoms with Crippen LogP contribution in [0.25, 0.3) is 0 Å². The van der Waals surface area contributed by atoms with Gasteiger partial charge in [-0.1, -0.05) is 43.0 Å². The van der Waals surface area contributed by atoms with Crippen molar-refractivity contribution in [2.24, 2.45) is 5.73 Å². The highest BCUT2D eigenvalue weighted by molar-refractivity contribution is 7.92. The lowest BCUT2D eigenvalue weighted by molar-refractivity contribution is 0.100. The van der Waals surface area contributed by atoms with Gasteiger partial charge in [-0.05, 0) is 54.7 Å². The Morgan fingerprint density at radius 3 is 2.31 bits per heavy atom. The van der Waals surface area contributed by atoms with Crippen LogP contribution in [0, 0.1) is 0 Å². The molecule has 0 unspecified atom stereocenters. The Balaban J connectivity index is 1.82. The first-order chi connectivity index (χ1) is 12.4. The van der Waals surface area contributed by atoms with E-state index in [1.807, 2.05) is 12.1 Å². The molecule has 3 N–H and O–H groups in total. The second-order valence-electron chi connectivity index (χ2n) is 6.57. The number of hydrogen-bond acceptors (Lipinski definition) is 3. The van der Waals surface area contributed by atoms with Gasteiger partial charge in [0.05, 0.1) is 15.6 Å². The summed E-state index contributed by atoms with van der Waals surface area (Å²) >= 11 is 6.04. The van der Waals surface area contributed by atoms with Crippen LogP contribution in [0.1, 0.15) is 53.9 Å². The first kappa shape index (κ1) is 18.7. The molecule has 1 fully saturated rings. The van der Waals surface area contributed by atoms with Crippen LogP contribution in [0.4, 0.5) is 5.69 Å². The van der Waals surface area contributed by atoms with Gasteiger partial charge in [0.2, 0.25) is 5.91 Å². The number of nitrogens with one attached hydrogen (secondary N) is 1. The van der Waals surface area contributed by atoms with Gasteiger partial charge in [-0.3, -0.25) is 9.52 Å². The molecule has 0 bridgehead atoms. The quantitative estimate of drug-likeness (QED) is 0.795. The zero-order valence-electron chi connectivity index (χ0n) is 14.2. The van der Waals surface area contributed by atoms with Crippen molar-refractivity contribution in [2.75, 3.05) is 4.72 Å². The molecule has 2 aromatic carbocycles. The Morgan fingerprint density at radius 1 is 1.04 bits per heavy atom. The molecule has 0 heterocycles. The van der Waals surface area contributed by atoms with E-state index in [1.54, 1.807) is 12.1 Å². The largest absolute Gasteiger partial charge is 0.366 e. The second kappa shape index (κ2) is 7.68. The van der Waals surface area contributed by atoms with Crippen LogP contribution >= 0.6 is 11.6 Å². The monoisotopic (exact) mass is 392 g/mol. The van der Waals surface area contributed by atoms with Crippen molar-refractivity contribution >= 4 is 33.2 Å². The molecule has 26 heavy (non-hydrogen) atoms. The summed E-state index contributed by atoms with van der Waals surface area (Å²) in [7, 11) is -3.81. The first-order valence-electron chi connectivity index (χ1n) is 8.59. The van der Waals surface area contributed by atoms with Gasteiger partial charge < -0.3 is 5.73 Å². The molecule has 7 heteroatoms. The lowest BCUT2D eigenvalue weighted by atomic mass is 9.84. The predicted molar refractivity (Wildman–Crippen MR) is 103 cm³/mol. The van der Waals surface area contributed by atoms with E-state index in [9.17, 15) is 13.2 Å². The van der Waals surface area contributed by atoms with Crippen molar-refractivity contribution in [1.82, 2.24) is 0 Å². The molecule has 0 aliphatic heterocycles. The molecule has 0 atom stereocenters. The number of hydrogen-bond donors (Lipinski definition) is 2. The number of rotatable bonds is 5. The minimum absolute atomic E-state index is 0.124. The molecule has 1 aliphatic rings. The van der Waals surface area contributed by atoms with E-state index in [0.717, 1.165) is 12.8 Å². The van der Waals surface area contributed by atoms with Gasteiger partial charge in [-0.15, -0.1) is 0 Å². The Bertz CT molecular complexity index is 905. The van der Waals surface area contributed by atoms with Crippen LogP contribution in [0.15, 0.2) is 47.4 Å². The maximum absolute atomic E-state index is 12.6. The Labute approximate surface area is 158 Å².